The van der Waals surface area contributed by atoms with Gasteiger partial charge in [0, 0.05) is 12.2 Å². The minimum absolute atomic E-state index is 0.0129. The Bertz CT molecular complexity index is 1010. The molecule has 2 aromatic carbocycles. The molecule has 1 fully saturated rings. The van der Waals surface area contributed by atoms with Crippen molar-refractivity contribution < 1.29 is 23.8 Å². The average Bonchev–Trinajstić information content (AvgIpc) is 3.13. The van der Waals surface area contributed by atoms with Gasteiger partial charge in [-0.15, -0.1) is 0 Å². The van der Waals surface area contributed by atoms with Gasteiger partial charge in [0.1, 0.15) is 22.9 Å². The molecule has 2 amide bonds. The Kier molecular flexibility index (Phi) is 5.89. The summed E-state index contributed by atoms with van der Waals surface area (Å²) in [4.78, 5) is 26.4. The second-order valence-corrected chi connectivity index (χ2v) is 8.57. The fourth-order valence-electron chi connectivity index (χ4n) is 3.98. The number of rotatable bonds is 4. The average molecular weight is 425 g/mol. The molecule has 1 aliphatic rings. The summed E-state index contributed by atoms with van der Waals surface area (Å²) in [5, 5.41) is 21.9. The third-order valence-corrected chi connectivity index (χ3v) is 5.60. The molecule has 0 aromatic heterocycles. The van der Waals surface area contributed by atoms with Gasteiger partial charge in [-0.25, -0.2) is 9.18 Å². The summed E-state index contributed by atoms with van der Waals surface area (Å²) in [7, 11) is 0. The first-order valence-corrected chi connectivity index (χ1v) is 9.82. The van der Waals surface area contributed by atoms with Crippen LogP contribution in [0.3, 0.4) is 0 Å². The normalized spacial score (nSPS) is 20.7. The van der Waals surface area contributed by atoms with E-state index in [1.807, 2.05) is 0 Å². The van der Waals surface area contributed by atoms with E-state index < -0.39 is 28.9 Å². The lowest BCUT2D eigenvalue weighted by atomic mass is 9.70. The molecule has 0 bridgehead atoms. The minimum atomic E-state index is -1.39. The maximum absolute atomic E-state index is 13.4. The molecule has 2 aromatic rings. The van der Waals surface area contributed by atoms with E-state index in [0.717, 1.165) is 4.90 Å². The predicted octanol–water partition coefficient (Wildman–Crippen LogP) is 4.86. The maximum atomic E-state index is 13.4. The van der Waals surface area contributed by atoms with E-state index >= 15 is 0 Å². The molecule has 7 nitrogen and oxygen atoms in total. The van der Waals surface area contributed by atoms with Crippen molar-refractivity contribution in [1.82, 2.24) is 4.90 Å². The van der Waals surface area contributed by atoms with Gasteiger partial charge >= 0.3 is 6.09 Å². The Balaban J connectivity index is 1.81. The Labute approximate surface area is 180 Å². The van der Waals surface area contributed by atoms with Crippen LogP contribution in [0.5, 0.6) is 11.5 Å². The molecular formula is C23H24FN3O4. The van der Waals surface area contributed by atoms with Crippen LogP contribution in [0.15, 0.2) is 48.5 Å². The summed E-state index contributed by atoms with van der Waals surface area (Å²) in [5.41, 5.74) is -1.67. The first kappa shape index (κ1) is 22.1. The van der Waals surface area contributed by atoms with Crippen LogP contribution in [0, 0.1) is 28.5 Å². The van der Waals surface area contributed by atoms with Crippen LogP contribution in [-0.4, -0.2) is 34.1 Å². The molecule has 3 rings (SSSR count). The molecule has 0 saturated carbocycles. The van der Waals surface area contributed by atoms with Crippen molar-refractivity contribution in [3.63, 3.8) is 0 Å². The van der Waals surface area contributed by atoms with Gasteiger partial charge in [0.25, 0.3) is 5.91 Å². The summed E-state index contributed by atoms with van der Waals surface area (Å²) in [5.74, 6) is -0.442. The van der Waals surface area contributed by atoms with Crippen LogP contribution < -0.4 is 10.1 Å². The quantitative estimate of drug-likeness (QED) is 0.728. The van der Waals surface area contributed by atoms with Crippen molar-refractivity contribution in [3.05, 3.63) is 54.3 Å². The third kappa shape index (κ3) is 4.31. The molecule has 0 spiro atoms. The molecule has 8 heteroatoms. The summed E-state index contributed by atoms with van der Waals surface area (Å²) in [6.45, 7) is 5.37. The number of carbonyl (C=O) groups excluding carboxylic acids is 1. The number of carboxylic acid groups (broad SMARTS) is 1. The van der Waals surface area contributed by atoms with Crippen LogP contribution in [0.1, 0.15) is 27.2 Å². The molecule has 0 radical (unpaired) electrons. The van der Waals surface area contributed by atoms with E-state index in [2.05, 4.69) is 11.4 Å². The first-order chi connectivity index (χ1) is 14.6. The molecule has 162 valence electrons. The second kappa shape index (κ2) is 8.26. The van der Waals surface area contributed by atoms with Crippen molar-refractivity contribution in [1.29, 1.82) is 5.26 Å². The number of benzene rings is 2. The summed E-state index contributed by atoms with van der Waals surface area (Å²) in [6, 6.07) is 14.2. The number of nitrogens with zero attached hydrogens (tertiary/aromatic N) is 2. The summed E-state index contributed by atoms with van der Waals surface area (Å²) in [6.07, 6.45) is -1.11. The Morgan fingerprint density at radius 3 is 2.19 bits per heavy atom. The summed E-state index contributed by atoms with van der Waals surface area (Å²) < 4.78 is 18.7. The van der Waals surface area contributed by atoms with Crippen LogP contribution in [0.4, 0.5) is 14.9 Å². The lowest BCUT2D eigenvalue weighted by molar-refractivity contribution is -0.131. The molecule has 0 unspecified atom stereocenters. The van der Waals surface area contributed by atoms with E-state index in [1.165, 1.54) is 24.3 Å². The Morgan fingerprint density at radius 1 is 1.16 bits per heavy atom. The maximum Gasteiger partial charge on any atom is 0.408 e. The highest BCUT2D eigenvalue weighted by Crippen LogP contribution is 2.46. The van der Waals surface area contributed by atoms with Crippen molar-refractivity contribution >= 4 is 17.7 Å². The molecule has 0 aliphatic carbocycles. The zero-order valence-corrected chi connectivity index (χ0v) is 17.6. The number of nitrogens with one attached hydrogen (secondary N) is 1. The minimum Gasteiger partial charge on any atom is -0.465 e. The van der Waals surface area contributed by atoms with Crippen LogP contribution in [0.2, 0.25) is 0 Å². The van der Waals surface area contributed by atoms with Crippen LogP contribution in [-0.2, 0) is 4.79 Å². The third-order valence-electron chi connectivity index (χ3n) is 5.60. The SMILES string of the molecule is CC(C)(C)[C@]1(C(=O)Nc2ccc(Oc3ccc(F)cc3)cc2)C[C@@H](C#N)CN1C(=O)O. The molecule has 31 heavy (non-hydrogen) atoms. The predicted molar refractivity (Wildman–Crippen MR) is 112 cm³/mol. The monoisotopic (exact) mass is 425 g/mol. The van der Waals surface area contributed by atoms with Crippen molar-refractivity contribution in [2.24, 2.45) is 11.3 Å². The lowest BCUT2D eigenvalue weighted by Crippen LogP contribution is -2.62. The van der Waals surface area contributed by atoms with Gasteiger partial charge in [0.05, 0.1) is 12.0 Å². The van der Waals surface area contributed by atoms with E-state index in [1.54, 1.807) is 45.0 Å². The van der Waals surface area contributed by atoms with Gasteiger partial charge in [-0.1, -0.05) is 20.8 Å². The fraction of sp³-hybridized carbons (Fsp3) is 0.348. The summed E-state index contributed by atoms with van der Waals surface area (Å²) >= 11 is 0. The number of hydrogen-bond donors (Lipinski definition) is 2. The smallest absolute Gasteiger partial charge is 0.408 e. The highest BCUT2D eigenvalue weighted by molar-refractivity contribution is 6.01. The van der Waals surface area contributed by atoms with Crippen molar-refractivity contribution in [2.45, 2.75) is 32.7 Å². The van der Waals surface area contributed by atoms with Gasteiger partial charge in [0.15, 0.2) is 0 Å². The number of carbonyl (C=O) groups is 2. The zero-order valence-electron chi connectivity index (χ0n) is 17.6. The molecule has 1 saturated heterocycles. The van der Waals surface area contributed by atoms with Gasteiger partial charge in [-0.3, -0.25) is 9.69 Å². The number of hydrogen-bond acceptors (Lipinski definition) is 4. The fourth-order valence-corrected chi connectivity index (χ4v) is 3.98. The van der Waals surface area contributed by atoms with Crippen molar-refractivity contribution in [3.8, 4) is 17.6 Å². The second-order valence-electron chi connectivity index (χ2n) is 8.57. The number of halogens is 1. The van der Waals surface area contributed by atoms with Crippen LogP contribution in [0.25, 0.3) is 0 Å². The Hall–Kier alpha value is -3.60. The van der Waals surface area contributed by atoms with E-state index in [9.17, 15) is 24.3 Å². The van der Waals surface area contributed by atoms with Gasteiger partial charge in [-0.2, -0.15) is 5.26 Å². The topological polar surface area (TPSA) is 103 Å². The molecular weight excluding hydrogens is 401 g/mol. The van der Waals surface area contributed by atoms with Gasteiger partial charge in [-0.05, 0) is 60.4 Å². The number of anilines is 1. The van der Waals surface area contributed by atoms with Crippen LogP contribution >= 0.6 is 0 Å². The highest BCUT2D eigenvalue weighted by Gasteiger charge is 2.60. The largest absolute Gasteiger partial charge is 0.465 e. The molecule has 2 atom stereocenters. The molecule has 1 aliphatic heterocycles. The number of ether oxygens (including phenoxy) is 1. The van der Waals surface area contributed by atoms with E-state index in [4.69, 9.17) is 4.74 Å². The van der Waals surface area contributed by atoms with Crippen molar-refractivity contribution in [2.75, 3.05) is 11.9 Å². The standard InChI is InChI=1S/C23H24FN3O4/c1-22(2,3)23(12-15(13-25)14-27(23)21(29)30)20(28)26-17-6-10-19(11-7-17)31-18-8-4-16(24)5-9-18/h4-11,15H,12,14H2,1-3H3,(H,26,28)(H,29,30)/t15-,23+/m0/s1. The van der Waals surface area contributed by atoms with E-state index in [-0.39, 0.29) is 18.8 Å². The molecule has 1 heterocycles. The van der Waals surface area contributed by atoms with E-state index in [0.29, 0.717) is 17.2 Å². The molecule has 2 N–H and O–H groups in total. The zero-order chi connectivity index (χ0) is 22.8. The lowest BCUT2D eigenvalue weighted by Gasteiger charge is -2.45. The number of amides is 2. The first-order valence-electron chi connectivity index (χ1n) is 9.82. The number of likely N-dealkylation sites (tertiary alicyclic amines) is 1. The Morgan fingerprint density at radius 2 is 1.71 bits per heavy atom. The highest BCUT2D eigenvalue weighted by atomic mass is 19.1. The number of nitriles is 1. The van der Waals surface area contributed by atoms with Gasteiger partial charge < -0.3 is 15.2 Å². The van der Waals surface area contributed by atoms with Gasteiger partial charge in [0.2, 0.25) is 0 Å².